The molecule has 3 N–H and O–H groups in total. The fourth-order valence-electron chi connectivity index (χ4n) is 1.69. The van der Waals surface area contributed by atoms with Crippen LogP contribution in [0.1, 0.15) is 24.4 Å². The first-order chi connectivity index (χ1) is 7.11. The zero-order valence-corrected chi connectivity index (χ0v) is 11.0. The molecular formula is C11H14BrClFNO. The van der Waals surface area contributed by atoms with Gasteiger partial charge in [-0.25, -0.2) is 4.39 Å². The molecular weight excluding hydrogens is 296 g/mol. The van der Waals surface area contributed by atoms with E-state index in [1.807, 2.05) is 0 Å². The van der Waals surface area contributed by atoms with Crippen LogP contribution in [-0.4, -0.2) is 11.2 Å². The molecule has 16 heavy (non-hydrogen) atoms. The van der Waals surface area contributed by atoms with E-state index < -0.39 is 12.1 Å². The van der Waals surface area contributed by atoms with Gasteiger partial charge in [-0.15, -0.1) is 12.4 Å². The fourth-order valence-corrected chi connectivity index (χ4v) is 2.22. The first-order valence-electron chi connectivity index (χ1n) is 4.99. The molecule has 1 aliphatic rings. The molecule has 0 heterocycles. The van der Waals surface area contributed by atoms with Crippen molar-refractivity contribution in [3.8, 4) is 0 Å². The SMILES string of the molecule is Cl.N[C@@H](c1cccc(F)c1Br)[C@H](O)C1CC1. The van der Waals surface area contributed by atoms with E-state index in [0.29, 0.717) is 10.0 Å². The molecule has 5 heteroatoms. The Balaban J connectivity index is 0.00000128. The molecule has 2 nitrogen and oxygen atoms in total. The highest BCUT2D eigenvalue weighted by Crippen LogP contribution is 2.38. The number of rotatable bonds is 3. The van der Waals surface area contributed by atoms with Gasteiger partial charge in [0.1, 0.15) is 5.82 Å². The Morgan fingerprint density at radius 1 is 1.44 bits per heavy atom. The summed E-state index contributed by atoms with van der Waals surface area (Å²) in [4.78, 5) is 0. The molecule has 2 atom stereocenters. The lowest BCUT2D eigenvalue weighted by molar-refractivity contribution is 0.122. The quantitative estimate of drug-likeness (QED) is 0.902. The smallest absolute Gasteiger partial charge is 0.137 e. The molecule has 0 saturated heterocycles. The summed E-state index contributed by atoms with van der Waals surface area (Å²) in [5.74, 6) is -0.0545. The van der Waals surface area contributed by atoms with Crippen molar-refractivity contribution in [2.24, 2.45) is 11.7 Å². The molecule has 90 valence electrons. The Kier molecular flexibility index (Phi) is 4.73. The van der Waals surface area contributed by atoms with Crippen molar-refractivity contribution in [2.75, 3.05) is 0 Å². The number of hydrogen-bond donors (Lipinski definition) is 2. The van der Waals surface area contributed by atoms with Crippen LogP contribution in [0.5, 0.6) is 0 Å². The lowest BCUT2D eigenvalue weighted by Crippen LogP contribution is -2.28. The van der Waals surface area contributed by atoms with Crippen molar-refractivity contribution in [3.05, 3.63) is 34.1 Å². The van der Waals surface area contributed by atoms with Crippen LogP contribution >= 0.6 is 28.3 Å². The van der Waals surface area contributed by atoms with Crippen LogP contribution < -0.4 is 5.73 Å². The Hall–Kier alpha value is -0.160. The first-order valence-corrected chi connectivity index (χ1v) is 5.78. The minimum absolute atomic E-state index is 0. The van der Waals surface area contributed by atoms with Gasteiger partial charge in [0.05, 0.1) is 16.6 Å². The zero-order chi connectivity index (χ0) is 11.0. The second-order valence-electron chi connectivity index (χ2n) is 4.00. The normalized spacial score (nSPS) is 18.8. The van der Waals surface area contributed by atoms with Crippen LogP contribution in [0.2, 0.25) is 0 Å². The third-order valence-corrected chi connectivity index (χ3v) is 3.65. The van der Waals surface area contributed by atoms with Crippen molar-refractivity contribution in [3.63, 3.8) is 0 Å². The van der Waals surface area contributed by atoms with E-state index in [2.05, 4.69) is 15.9 Å². The molecule has 1 aliphatic carbocycles. The monoisotopic (exact) mass is 309 g/mol. The van der Waals surface area contributed by atoms with E-state index in [0.717, 1.165) is 12.8 Å². The molecule has 2 rings (SSSR count). The van der Waals surface area contributed by atoms with Crippen molar-refractivity contribution < 1.29 is 9.50 Å². The van der Waals surface area contributed by atoms with Gasteiger partial charge in [-0.2, -0.15) is 0 Å². The molecule has 1 fully saturated rings. The number of nitrogens with two attached hydrogens (primary N) is 1. The third-order valence-electron chi connectivity index (χ3n) is 2.81. The Labute approximate surface area is 109 Å². The summed E-state index contributed by atoms with van der Waals surface area (Å²) in [6, 6.07) is 4.20. The highest BCUT2D eigenvalue weighted by atomic mass is 79.9. The topological polar surface area (TPSA) is 46.2 Å². The summed E-state index contributed by atoms with van der Waals surface area (Å²) in [5.41, 5.74) is 6.54. The summed E-state index contributed by atoms with van der Waals surface area (Å²) in [7, 11) is 0. The second-order valence-corrected chi connectivity index (χ2v) is 4.79. The zero-order valence-electron chi connectivity index (χ0n) is 8.57. The van der Waals surface area contributed by atoms with Gasteiger partial charge in [0.2, 0.25) is 0 Å². The first kappa shape index (κ1) is 13.9. The van der Waals surface area contributed by atoms with Gasteiger partial charge >= 0.3 is 0 Å². The molecule has 1 aromatic rings. The van der Waals surface area contributed by atoms with E-state index >= 15 is 0 Å². The lowest BCUT2D eigenvalue weighted by atomic mass is 9.99. The van der Waals surface area contributed by atoms with Crippen LogP contribution in [0, 0.1) is 11.7 Å². The molecule has 0 spiro atoms. The van der Waals surface area contributed by atoms with Gasteiger partial charge in [-0.3, -0.25) is 0 Å². The molecule has 0 radical (unpaired) electrons. The third kappa shape index (κ3) is 2.74. The second kappa shape index (κ2) is 5.45. The maximum absolute atomic E-state index is 13.2. The molecule has 0 aliphatic heterocycles. The Bertz CT molecular complexity index is 373. The largest absolute Gasteiger partial charge is 0.391 e. The van der Waals surface area contributed by atoms with Gasteiger partial charge in [0.25, 0.3) is 0 Å². The predicted octanol–water partition coefficient (Wildman–Crippen LogP) is 2.78. The fraction of sp³-hybridized carbons (Fsp3) is 0.455. The summed E-state index contributed by atoms with van der Waals surface area (Å²) in [6.07, 6.45) is 1.46. The van der Waals surface area contributed by atoms with Gasteiger partial charge in [0.15, 0.2) is 0 Å². The lowest BCUT2D eigenvalue weighted by Gasteiger charge is -2.20. The number of halogens is 3. The summed E-state index contributed by atoms with van der Waals surface area (Å²) in [6.45, 7) is 0. The van der Waals surface area contributed by atoms with Crippen LogP contribution in [0.3, 0.4) is 0 Å². The highest BCUT2D eigenvalue weighted by molar-refractivity contribution is 9.10. The standard InChI is InChI=1S/C11H13BrFNO.ClH/c12-9-7(2-1-3-8(9)13)10(14)11(15)6-4-5-6;/h1-3,6,10-11,15H,4-5,14H2;1H/t10-,11+;/m0./s1. The van der Waals surface area contributed by atoms with Crippen molar-refractivity contribution >= 4 is 28.3 Å². The number of aliphatic hydroxyl groups excluding tert-OH is 1. The average Bonchev–Trinajstić information content (AvgIpc) is 3.03. The minimum Gasteiger partial charge on any atom is -0.391 e. The predicted molar refractivity (Wildman–Crippen MR) is 67.0 cm³/mol. The number of aliphatic hydroxyl groups is 1. The van der Waals surface area contributed by atoms with Gasteiger partial charge in [-0.1, -0.05) is 12.1 Å². The summed E-state index contributed by atoms with van der Waals surface area (Å²) in [5, 5.41) is 9.86. The van der Waals surface area contributed by atoms with Crippen LogP contribution in [0.25, 0.3) is 0 Å². The summed E-state index contributed by atoms with van der Waals surface area (Å²) >= 11 is 3.15. The Morgan fingerprint density at radius 3 is 2.62 bits per heavy atom. The van der Waals surface area contributed by atoms with E-state index in [4.69, 9.17) is 5.73 Å². The highest BCUT2D eigenvalue weighted by Gasteiger charge is 2.35. The molecule has 1 aromatic carbocycles. The molecule has 0 amide bonds. The Morgan fingerprint density at radius 2 is 2.06 bits per heavy atom. The van der Waals surface area contributed by atoms with Crippen molar-refractivity contribution in [2.45, 2.75) is 25.0 Å². The minimum atomic E-state index is -0.567. The van der Waals surface area contributed by atoms with E-state index in [9.17, 15) is 9.50 Å². The maximum Gasteiger partial charge on any atom is 0.137 e. The van der Waals surface area contributed by atoms with Crippen LogP contribution in [0.15, 0.2) is 22.7 Å². The van der Waals surface area contributed by atoms with Crippen molar-refractivity contribution in [1.82, 2.24) is 0 Å². The van der Waals surface area contributed by atoms with E-state index in [1.54, 1.807) is 12.1 Å². The molecule has 0 aromatic heterocycles. The number of hydrogen-bond acceptors (Lipinski definition) is 2. The van der Waals surface area contributed by atoms with Crippen LogP contribution in [-0.2, 0) is 0 Å². The van der Waals surface area contributed by atoms with Gasteiger partial charge in [0, 0.05) is 0 Å². The molecule has 0 bridgehead atoms. The van der Waals surface area contributed by atoms with Crippen molar-refractivity contribution in [1.29, 1.82) is 0 Å². The van der Waals surface area contributed by atoms with E-state index in [-0.39, 0.29) is 24.1 Å². The number of benzene rings is 1. The summed E-state index contributed by atoms with van der Waals surface area (Å²) < 4.78 is 13.6. The maximum atomic E-state index is 13.2. The van der Waals surface area contributed by atoms with E-state index in [1.165, 1.54) is 6.07 Å². The molecule has 0 unspecified atom stereocenters. The average molecular weight is 311 g/mol. The van der Waals surface area contributed by atoms with Gasteiger partial charge in [-0.05, 0) is 46.3 Å². The van der Waals surface area contributed by atoms with Crippen LogP contribution in [0.4, 0.5) is 4.39 Å². The van der Waals surface area contributed by atoms with Gasteiger partial charge < -0.3 is 10.8 Å². The molecule has 1 saturated carbocycles.